The van der Waals surface area contributed by atoms with E-state index in [0.29, 0.717) is 0 Å². The Kier molecular flexibility index (Phi) is 3.62. The van der Waals surface area contributed by atoms with Crippen molar-refractivity contribution in [1.29, 1.82) is 5.26 Å². The molecule has 3 rings (SSSR count). The van der Waals surface area contributed by atoms with E-state index in [1.165, 1.54) is 35.6 Å². The summed E-state index contributed by atoms with van der Waals surface area (Å²) < 4.78 is 13.3. The molecular formula is C18H17FN2. The van der Waals surface area contributed by atoms with Crippen molar-refractivity contribution in [2.24, 2.45) is 0 Å². The maximum Gasteiger partial charge on any atom is 0.141 e. The molecule has 2 nitrogen and oxygen atoms in total. The van der Waals surface area contributed by atoms with Crippen LogP contribution in [0.5, 0.6) is 0 Å². The molecule has 0 amide bonds. The first-order valence-corrected chi connectivity index (χ1v) is 7.25. The van der Waals surface area contributed by atoms with E-state index in [1.807, 2.05) is 6.07 Å². The molecule has 106 valence electrons. The van der Waals surface area contributed by atoms with Crippen LogP contribution in [0.4, 0.5) is 10.1 Å². The van der Waals surface area contributed by atoms with Crippen molar-refractivity contribution in [3.63, 3.8) is 0 Å². The predicted octanol–water partition coefficient (Wildman–Crippen LogP) is 4.36. The SMILES string of the molecule is CC(Nc1ccc(F)c(C#N)c1)c1ccc2c(c1)CCC2. The Hall–Kier alpha value is -2.34. The minimum absolute atomic E-state index is 0.0705. The molecule has 0 aromatic heterocycles. The lowest BCUT2D eigenvalue weighted by molar-refractivity contribution is 0.624. The van der Waals surface area contributed by atoms with Gasteiger partial charge in [-0.3, -0.25) is 0 Å². The molecule has 0 saturated heterocycles. The van der Waals surface area contributed by atoms with E-state index in [2.05, 4.69) is 30.4 Å². The standard InChI is InChI=1S/C18H17FN2/c1-12(14-6-5-13-3-2-4-15(13)9-14)21-17-7-8-18(19)16(10-17)11-20/h5-10,12,21H,2-4H2,1H3. The van der Waals surface area contributed by atoms with Gasteiger partial charge >= 0.3 is 0 Å². The van der Waals surface area contributed by atoms with Crippen LogP contribution in [0.2, 0.25) is 0 Å². The van der Waals surface area contributed by atoms with Gasteiger partial charge < -0.3 is 5.32 Å². The number of hydrogen-bond acceptors (Lipinski definition) is 2. The number of halogens is 1. The Labute approximate surface area is 124 Å². The van der Waals surface area contributed by atoms with Gasteiger partial charge in [0.15, 0.2) is 0 Å². The number of nitriles is 1. The van der Waals surface area contributed by atoms with Crippen molar-refractivity contribution in [1.82, 2.24) is 0 Å². The number of hydrogen-bond donors (Lipinski definition) is 1. The van der Waals surface area contributed by atoms with Crippen molar-refractivity contribution in [2.45, 2.75) is 32.2 Å². The first-order valence-electron chi connectivity index (χ1n) is 7.25. The maximum absolute atomic E-state index is 13.3. The Balaban J connectivity index is 1.80. The zero-order valence-corrected chi connectivity index (χ0v) is 12.0. The third-order valence-electron chi connectivity index (χ3n) is 4.09. The van der Waals surface area contributed by atoms with E-state index in [1.54, 1.807) is 12.1 Å². The van der Waals surface area contributed by atoms with Crippen LogP contribution >= 0.6 is 0 Å². The highest BCUT2D eigenvalue weighted by Gasteiger charge is 2.14. The average molecular weight is 280 g/mol. The molecule has 1 atom stereocenters. The maximum atomic E-state index is 13.3. The number of nitrogens with one attached hydrogen (secondary N) is 1. The molecular weight excluding hydrogens is 263 g/mol. The Morgan fingerprint density at radius 3 is 2.76 bits per heavy atom. The molecule has 0 aliphatic heterocycles. The predicted molar refractivity (Wildman–Crippen MR) is 81.6 cm³/mol. The van der Waals surface area contributed by atoms with E-state index < -0.39 is 5.82 Å². The lowest BCUT2D eigenvalue weighted by Gasteiger charge is -2.17. The van der Waals surface area contributed by atoms with Crippen LogP contribution in [0.15, 0.2) is 36.4 Å². The summed E-state index contributed by atoms with van der Waals surface area (Å²) >= 11 is 0. The molecule has 1 N–H and O–H groups in total. The first kappa shape index (κ1) is 13.6. The summed E-state index contributed by atoms with van der Waals surface area (Å²) in [5, 5.41) is 12.2. The van der Waals surface area contributed by atoms with Gasteiger partial charge in [0.25, 0.3) is 0 Å². The first-order chi connectivity index (χ1) is 10.2. The largest absolute Gasteiger partial charge is 0.378 e. The summed E-state index contributed by atoms with van der Waals surface area (Å²) in [4.78, 5) is 0. The monoisotopic (exact) mass is 280 g/mol. The fourth-order valence-electron chi connectivity index (χ4n) is 2.90. The van der Waals surface area contributed by atoms with Crippen molar-refractivity contribution in [3.8, 4) is 6.07 Å². The number of aryl methyl sites for hydroxylation is 2. The van der Waals surface area contributed by atoms with Gasteiger partial charge in [0.2, 0.25) is 0 Å². The van der Waals surface area contributed by atoms with Gasteiger partial charge in [-0.25, -0.2) is 4.39 Å². The molecule has 2 aromatic rings. The summed E-state index contributed by atoms with van der Waals surface area (Å²) in [5.41, 5.74) is 4.96. The van der Waals surface area contributed by atoms with Crippen molar-refractivity contribution >= 4 is 5.69 Å². The molecule has 1 aliphatic rings. The average Bonchev–Trinajstić information content (AvgIpc) is 2.96. The van der Waals surface area contributed by atoms with Crippen molar-refractivity contribution in [2.75, 3.05) is 5.32 Å². The number of rotatable bonds is 3. The van der Waals surface area contributed by atoms with Gasteiger partial charge in [-0.05, 0) is 61.1 Å². The van der Waals surface area contributed by atoms with E-state index in [-0.39, 0.29) is 11.6 Å². The zero-order valence-electron chi connectivity index (χ0n) is 12.0. The van der Waals surface area contributed by atoms with E-state index in [9.17, 15) is 4.39 Å². The Bertz CT molecular complexity index is 716. The minimum Gasteiger partial charge on any atom is -0.378 e. The van der Waals surface area contributed by atoms with Crippen LogP contribution in [0, 0.1) is 17.1 Å². The molecule has 1 unspecified atom stereocenters. The number of benzene rings is 2. The smallest absolute Gasteiger partial charge is 0.141 e. The quantitative estimate of drug-likeness (QED) is 0.906. The lowest BCUT2D eigenvalue weighted by atomic mass is 10.0. The minimum atomic E-state index is -0.478. The summed E-state index contributed by atoms with van der Waals surface area (Å²) in [6.45, 7) is 2.08. The molecule has 0 heterocycles. The number of nitrogens with zero attached hydrogens (tertiary/aromatic N) is 1. The summed E-state index contributed by atoms with van der Waals surface area (Å²) in [5.74, 6) is -0.478. The molecule has 0 bridgehead atoms. The second kappa shape index (κ2) is 5.57. The summed E-state index contributed by atoms with van der Waals surface area (Å²) in [7, 11) is 0. The second-order valence-corrected chi connectivity index (χ2v) is 5.55. The second-order valence-electron chi connectivity index (χ2n) is 5.55. The third-order valence-corrected chi connectivity index (χ3v) is 4.09. The molecule has 21 heavy (non-hydrogen) atoms. The topological polar surface area (TPSA) is 35.8 Å². The lowest BCUT2D eigenvalue weighted by Crippen LogP contribution is -2.07. The van der Waals surface area contributed by atoms with Crippen molar-refractivity contribution < 1.29 is 4.39 Å². The van der Waals surface area contributed by atoms with E-state index in [0.717, 1.165) is 12.1 Å². The van der Waals surface area contributed by atoms with Crippen molar-refractivity contribution in [3.05, 3.63) is 64.5 Å². The van der Waals surface area contributed by atoms with Crippen LogP contribution in [0.25, 0.3) is 0 Å². The zero-order chi connectivity index (χ0) is 14.8. The molecule has 3 heteroatoms. The van der Waals surface area contributed by atoms with Gasteiger partial charge in [-0.2, -0.15) is 5.26 Å². The fourth-order valence-corrected chi connectivity index (χ4v) is 2.90. The van der Waals surface area contributed by atoms with Gasteiger partial charge in [0.05, 0.1) is 5.56 Å². The fraction of sp³-hybridized carbons (Fsp3) is 0.278. The third kappa shape index (κ3) is 2.75. The van der Waals surface area contributed by atoms with Crippen LogP contribution in [0.3, 0.4) is 0 Å². The number of fused-ring (bicyclic) bond motifs is 1. The molecule has 0 radical (unpaired) electrons. The molecule has 1 aliphatic carbocycles. The van der Waals surface area contributed by atoms with E-state index >= 15 is 0 Å². The van der Waals surface area contributed by atoms with Gasteiger partial charge in [-0.1, -0.05) is 18.2 Å². The molecule has 0 spiro atoms. The Morgan fingerprint density at radius 2 is 1.95 bits per heavy atom. The summed E-state index contributed by atoms with van der Waals surface area (Å²) in [6.07, 6.45) is 3.58. The van der Waals surface area contributed by atoms with Crippen LogP contribution in [-0.2, 0) is 12.8 Å². The highest BCUT2D eigenvalue weighted by molar-refractivity contribution is 5.51. The summed E-state index contributed by atoms with van der Waals surface area (Å²) in [6, 6.07) is 13.2. The molecule has 0 saturated carbocycles. The van der Waals surface area contributed by atoms with Crippen LogP contribution in [0.1, 0.15) is 41.6 Å². The molecule has 0 fully saturated rings. The highest BCUT2D eigenvalue weighted by Crippen LogP contribution is 2.27. The van der Waals surface area contributed by atoms with E-state index in [4.69, 9.17) is 5.26 Å². The normalized spacial score (nSPS) is 14.3. The van der Waals surface area contributed by atoms with Gasteiger partial charge in [0, 0.05) is 11.7 Å². The highest BCUT2D eigenvalue weighted by atomic mass is 19.1. The van der Waals surface area contributed by atoms with Crippen LogP contribution in [-0.4, -0.2) is 0 Å². The van der Waals surface area contributed by atoms with Gasteiger partial charge in [-0.15, -0.1) is 0 Å². The Morgan fingerprint density at radius 1 is 1.14 bits per heavy atom. The number of anilines is 1. The van der Waals surface area contributed by atoms with Crippen LogP contribution < -0.4 is 5.32 Å². The van der Waals surface area contributed by atoms with Gasteiger partial charge in [0.1, 0.15) is 11.9 Å². The molecule has 2 aromatic carbocycles.